The van der Waals surface area contributed by atoms with E-state index in [9.17, 15) is 17.6 Å². The van der Waals surface area contributed by atoms with E-state index >= 15 is 0 Å². The van der Waals surface area contributed by atoms with E-state index in [2.05, 4.69) is 15.0 Å². The number of hydrogen-bond donors (Lipinski definition) is 2. The highest BCUT2D eigenvalue weighted by atomic mass is 35.5. The lowest BCUT2D eigenvalue weighted by molar-refractivity contribution is -0.119. The third-order valence-electron chi connectivity index (χ3n) is 3.85. The second-order valence-corrected chi connectivity index (χ2v) is 7.80. The second-order valence-electron chi connectivity index (χ2n) is 5.76. The molecular weight excluding hydrogens is 393 g/mol. The minimum absolute atomic E-state index is 0.157. The predicted octanol–water partition coefficient (Wildman–Crippen LogP) is 3.12. The Kier molecular flexibility index (Phi) is 5.29. The van der Waals surface area contributed by atoms with Crippen molar-refractivity contribution in [2.45, 2.75) is 11.3 Å². The zero-order valence-corrected chi connectivity index (χ0v) is 15.7. The van der Waals surface area contributed by atoms with Gasteiger partial charge in [-0.25, -0.2) is 17.8 Å². The van der Waals surface area contributed by atoms with Crippen molar-refractivity contribution < 1.29 is 17.6 Å². The monoisotopic (exact) mass is 407 g/mol. The van der Waals surface area contributed by atoms with E-state index in [1.54, 1.807) is 18.2 Å². The van der Waals surface area contributed by atoms with Crippen LogP contribution < -0.4 is 10.0 Å². The largest absolute Gasteiger partial charge is 0.359 e. The van der Waals surface area contributed by atoms with Gasteiger partial charge in [-0.3, -0.25) is 9.52 Å². The lowest BCUT2D eigenvalue weighted by Crippen LogP contribution is -2.20. The van der Waals surface area contributed by atoms with E-state index in [1.165, 1.54) is 31.3 Å². The molecule has 0 spiro atoms. The summed E-state index contributed by atoms with van der Waals surface area (Å²) < 4.78 is 41.8. The van der Waals surface area contributed by atoms with Crippen LogP contribution >= 0.6 is 11.6 Å². The smallest absolute Gasteiger partial charge is 0.264 e. The van der Waals surface area contributed by atoms with E-state index < -0.39 is 20.7 Å². The standard InChI is InChI=1S/C18H15ClFN3O3S/c1-21-18(24)8-11-2-5-13(6-3-11)23-27(25,26)16-9-12-4-7-17(19)22-15(12)10-14(16)20/h2-7,9-10,23H,8H2,1H3,(H,21,24). The van der Waals surface area contributed by atoms with Crippen LogP contribution in [0.5, 0.6) is 0 Å². The maximum absolute atomic E-state index is 14.3. The Morgan fingerprint density at radius 1 is 1.15 bits per heavy atom. The average molecular weight is 408 g/mol. The summed E-state index contributed by atoms with van der Waals surface area (Å²) in [6, 6.07) is 11.6. The number of hydrogen-bond acceptors (Lipinski definition) is 4. The fraction of sp³-hybridized carbons (Fsp3) is 0.111. The van der Waals surface area contributed by atoms with Gasteiger partial charge in [-0.1, -0.05) is 23.7 Å². The Labute approximate surface area is 160 Å². The maximum Gasteiger partial charge on any atom is 0.264 e. The van der Waals surface area contributed by atoms with E-state index in [-0.39, 0.29) is 28.7 Å². The first-order valence-electron chi connectivity index (χ1n) is 7.86. The molecule has 0 fully saturated rings. The maximum atomic E-state index is 14.3. The van der Waals surface area contributed by atoms with Gasteiger partial charge in [-0.05, 0) is 35.9 Å². The molecule has 3 rings (SSSR count). The first-order chi connectivity index (χ1) is 12.8. The molecule has 0 aliphatic heterocycles. The summed E-state index contributed by atoms with van der Waals surface area (Å²) in [5, 5.41) is 3.14. The van der Waals surface area contributed by atoms with Crippen molar-refractivity contribution in [1.82, 2.24) is 10.3 Å². The van der Waals surface area contributed by atoms with Gasteiger partial charge in [-0.2, -0.15) is 0 Å². The van der Waals surface area contributed by atoms with Crippen LogP contribution in [0.1, 0.15) is 5.56 Å². The van der Waals surface area contributed by atoms with Crippen LogP contribution in [-0.2, 0) is 21.2 Å². The summed E-state index contributed by atoms with van der Waals surface area (Å²) in [6.07, 6.45) is 0.179. The summed E-state index contributed by atoms with van der Waals surface area (Å²) in [6.45, 7) is 0. The Balaban J connectivity index is 1.88. The Morgan fingerprint density at radius 2 is 1.85 bits per heavy atom. The molecule has 0 unspecified atom stereocenters. The van der Waals surface area contributed by atoms with Crippen molar-refractivity contribution >= 4 is 44.1 Å². The van der Waals surface area contributed by atoms with Gasteiger partial charge < -0.3 is 5.32 Å². The van der Waals surface area contributed by atoms with Gasteiger partial charge in [0.2, 0.25) is 5.91 Å². The van der Waals surface area contributed by atoms with Crippen LogP contribution in [-0.4, -0.2) is 26.4 Å². The zero-order chi connectivity index (χ0) is 19.6. The highest BCUT2D eigenvalue weighted by Gasteiger charge is 2.20. The quantitative estimate of drug-likeness (QED) is 0.636. The van der Waals surface area contributed by atoms with Crippen LogP contribution in [0.4, 0.5) is 10.1 Å². The van der Waals surface area contributed by atoms with E-state index in [0.717, 1.165) is 11.6 Å². The van der Waals surface area contributed by atoms with Crippen molar-refractivity contribution in [3.63, 3.8) is 0 Å². The number of halogens is 2. The fourth-order valence-corrected chi connectivity index (χ4v) is 3.79. The first kappa shape index (κ1) is 19.1. The van der Waals surface area contributed by atoms with E-state index in [4.69, 9.17) is 11.6 Å². The number of nitrogens with zero attached hydrogens (tertiary/aromatic N) is 1. The number of nitrogens with one attached hydrogen (secondary N) is 2. The molecule has 0 aliphatic rings. The third-order valence-corrected chi connectivity index (χ3v) is 5.45. The third kappa shape index (κ3) is 4.35. The summed E-state index contributed by atoms with van der Waals surface area (Å²) in [4.78, 5) is 14.8. The minimum Gasteiger partial charge on any atom is -0.359 e. The molecule has 0 saturated carbocycles. The van der Waals surface area contributed by atoms with Gasteiger partial charge in [0.15, 0.2) is 0 Å². The predicted molar refractivity (Wildman–Crippen MR) is 102 cm³/mol. The number of likely N-dealkylation sites (N-methyl/N-ethyl adjacent to an activating group) is 1. The molecule has 1 heterocycles. The molecule has 0 saturated heterocycles. The molecule has 0 radical (unpaired) electrons. The molecule has 1 amide bonds. The zero-order valence-electron chi connectivity index (χ0n) is 14.2. The van der Waals surface area contributed by atoms with Gasteiger partial charge in [0.05, 0.1) is 11.9 Å². The summed E-state index contributed by atoms with van der Waals surface area (Å²) in [5.41, 5.74) is 1.24. The highest BCUT2D eigenvalue weighted by Crippen LogP contribution is 2.25. The van der Waals surface area contributed by atoms with Crippen molar-refractivity contribution in [2.24, 2.45) is 0 Å². The number of carbonyl (C=O) groups excluding carboxylic acids is 1. The van der Waals surface area contributed by atoms with Crippen molar-refractivity contribution in [1.29, 1.82) is 0 Å². The molecule has 0 bridgehead atoms. The number of pyridine rings is 1. The molecule has 0 atom stereocenters. The fourth-order valence-electron chi connectivity index (χ4n) is 2.48. The number of fused-ring (bicyclic) bond motifs is 1. The van der Waals surface area contributed by atoms with Gasteiger partial charge >= 0.3 is 0 Å². The highest BCUT2D eigenvalue weighted by molar-refractivity contribution is 7.92. The van der Waals surface area contributed by atoms with Gasteiger partial charge in [0.25, 0.3) is 10.0 Å². The Morgan fingerprint density at radius 3 is 2.52 bits per heavy atom. The number of anilines is 1. The van der Waals surface area contributed by atoms with Crippen LogP contribution in [0.3, 0.4) is 0 Å². The van der Waals surface area contributed by atoms with Crippen molar-refractivity contribution in [2.75, 3.05) is 11.8 Å². The number of benzene rings is 2. The molecule has 1 aromatic heterocycles. The Hall–Kier alpha value is -2.71. The minimum atomic E-state index is -4.15. The number of aromatic nitrogens is 1. The summed E-state index contributed by atoms with van der Waals surface area (Å²) in [7, 11) is -2.62. The van der Waals surface area contributed by atoms with Crippen molar-refractivity contribution in [3.05, 3.63) is 65.1 Å². The Bertz CT molecular complexity index is 1120. The summed E-state index contributed by atoms with van der Waals surface area (Å²) in [5.74, 6) is -1.09. The first-order valence-corrected chi connectivity index (χ1v) is 9.73. The molecule has 27 heavy (non-hydrogen) atoms. The number of amides is 1. The SMILES string of the molecule is CNC(=O)Cc1ccc(NS(=O)(=O)c2cc3ccc(Cl)nc3cc2F)cc1. The van der Waals surface area contributed by atoms with Gasteiger partial charge in [-0.15, -0.1) is 0 Å². The lowest BCUT2D eigenvalue weighted by Gasteiger charge is -2.10. The molecule has 0 aliphatic carbocycles. The van der Waals surface area contributed by atoms with Crippen LogP contribution in [0.2, 0.25) is 5.15 Å². The molecule has 2 N–H and O–H groups in total. The number of carbonyl (C=O) groups is 1. The van der Waals surface area contributed by atoms with E-state index in [1.807, 2.05) is 0 Å². The van der Waals surface area contributed by atoms with Gasteiger partial charge in [0, 0.05) is 24.2 Å². The van der Waals surface area contributed by atoms with Crippen LogP contribution in [0.15, 0.2) is 53.4 Å². The topological polar surface area (TPSA) is 88.2 Å². The molecule has 140 valence electrons. The van der Waals surface area contributed by atoms with Crippen LogP contribution in [0, 0.1) is 5.82 Å². The van der Waals surface area contributed by atoms with Crippen LogP contribution in [0.25, 0.3) is 10.9 Å². The average Bonchev–Trinajstić information content (AvgIpc) is 2.62. The molecule has 2 aromatic carbocycles. The lowest BCUT2D eigenvalue weighted by atomic mass is 10.1. The number of sulfonamides is 1. The molecule has 3 aromatic rings. The molecule has 9 heteroatoms. The van der Waals surface area contributed by atoms with Crippen molar-refractivity contribution in [3.8, 4) is 0 Å². The second kappa shape index (κ2) is 7.50. The number of rotatable bonds is 5. The summed E-state index contributed by atoms with van der Waals surface area (Å²) >= 11 is 5.77. The van der Waals surface area contributed by atoms with E-state index in [0.29, 0.717) is 5.39 Å². The molecular formula is C18H15ClFN3O3S. The van der Waals surface area contributed by atoms with Gasteiger partial charge in [0.1, 0.15) is 15.9 Å². The normalized spacial score (nSPS) is 11.4. The molecule has 6 nitrogen and oxygen atoms in total.